The fourth-order valence-electron chi connectivity index (χ4n) is 2.29. The van der Waals surface area contributed by atoms with Crippen molar-refractivity contribution in [2.75, 3.05) is 33.9 Å². The summed E-state index contributed by atoms with van der Waals surface area (Å²) in [6.45, 7) is 3.03. The van der Waals surface area contributed by atoms with E-state index >= 15 is 0 Å². The van der Waals surface area contributed by atoms with E-state index in [0.29, 0.717) is 19.6 Å². The van der Waals surface area contributed by atoms with E-state index in [9.17, 15) is 12.8 Å². The maximum absolute atomic E-state index is 14.1. The van der Waals surface area contributed by atoms with Gasteiger partial charge >= 0.3 is 0 Å². The molecule has 0 unspecified atom stereocenters. The van der Waals surface area contributed by atoms with Crippen molar-refractivity contribution < 1.29 is 22.3 Å². The average Bonchev–Trinajstić information content (AvgIpc) is 2.46. The minimum absolute atomic E-state index is 0. The fourth-order valence-corrected chi connectivity index (χ4v) is 3.88. The Morgan fingerprint density at radius 1 is 1.27 bits per heavy atom. The number of rotatable bonds is 4. The second-order valence-corrected chi connectivity index (χ2v) is 6.76. The second-order valence-electron chi connectivity index (χ2n) is 4.86. The van der Waals surface area contributed by atoms with E-state index in [1.165, 1.54) is 18.5 Å². The van der Waals surface area contributed by atoms with E-state index in [4.69, 9.17) is 9.47 Å². The number of hydrogen-bond acceptors (Lipinski definition) is 5. The molecule has 1 aromatic rings. The van der Waals surface area contributed by atoms with Crippen molar-refractivity contribution in [1.82, 2.24) is 9.62 Å². The molecule has 1 aliphatic rings. The number of piperazine rings is 1. The Bertz CT molecular complexity index is 627. The van der Waals surface area contributed by atoms with Crippen molar-refractivity contribution in [3.63, 3.8) is 0 Å². The summed E-state index contributed by atoms with van der Waals surface area (Å²) in [6.07, 6.45) is 0. The number of methoxy groups -OCH3 is 2. The maximum atomic E-state index is 14.1. The van der Waals surface area contributed by atoms with Gasteiger partial charge < -0.3 is 14.8 Å². The predicted molar refractivity (Wildman–Crippen MR) is 83.0 cm³/mol. The Balaban J connectivity index is 0.00000242. The van der Waals surface area contributed by atoms with Crippen LogP contribution in [0.4, 0.5) is 4.39 Å². The van der Waals surface area contributed by atoms with Gasteiger partial charge in [0, 0.05) is 37.8 Å². The first kappa shape index (κ1) is 19.0. The van der Waals surface area contributed by atoms with Crippen LogP contribution >= 0.6 is 12.4 Å². The first-order valence-electron chi connectivity index (χ1n) is 6.55. The largest absolute Gasteiger partial charge is 0.493 e. The lowest BCUT2D eigenvalue weighted by Gasteiger charge is -2.31. The zero-order chi connectivity index (χ0) is 15.6. The average molecular weight is 355 g/mol. The topological polar surface area (TPSA) is 67.9 Å². The van der Waals surface area contributed by atoms with Crippen LogP contribution in [0.2, 0.25) is 0 Å². The van der Waals surface area contributed by atoms with Gasteiger partial charge in [0.05, 0.1) is 14.2 Å². The molecule has 0 aliphatic carbocycles. The van der Waals surface area contributed by atoms with Crippen LogP contribution in [-0.2, 0) is 10.0 Å². The molecule has 0 amide bonds. The molecule has 1 atom stereocenters. The molecule has 0 bridgehead atoms. The highest BCUT2D eigenvalue weighted by Crippen LogP contribution is 2.33. The molecular weight excluding hydrogens is 335 g/mol. The lowest BCUT2D eigenvalue weighted by atomic mass is 10.3. The standard InChI is InChI=1S/C13H19FN2O4S.ClH/c1-9-8-16(5-4-15-9)21(17,18)13-7-12(20-3)11(19-2)6-10(13)14;/h6-7,9,15H,4-5,8H2,1-3H3;1H/t9-;/m0./s1. The summed E-state index contributed by atoms with van der Waals surface area (Å²) in [5.41, 5.74) is 0. The van der Waals surface area contributed by atoms with Gasteiger partial charge in [0.2, 0.25) is 10.0 Å². The van der Waals surface area contributed by atoms with Crippen molar-refractivity contribution in [2.24, 2.45) is 0 Å². The molecule has 1 N–H and O–H groups in total. The Hall–Kier alpha value is -1.09. The summed E-state index contributed by atoms with van der Waals surface area (Å²) in [4.78, 5) is -0.394. The van der Waals surface area contributed by atoms with Gasteiger partial charge in [-0.25, -0.2) is 12.8 Å². The van der Waals surface area contributed by atoms with Crippen LogP contribution in [0.15, 0.2) is 17.0 Å². The monoisotopic (exact) mass is 354 g/mol. The molecule has 0 spiro atoms. The number of nitrogens with one attached hydrogen (secondary N) is 1. The van der Waals surface area contributed by atoms with Crippen LogP contribution in [0.5, 0.6) is 11.5 Å². The van der Waals surface area contributed by atoms with Gasteiger partial charge in [-0.1, -0.05) is 0 Å². The van der Waals surface area contributed by atoms with Crippen molar-refractivity contribution in [3.8, 4) is 11.5 Å². The quantitative estimate of drug-likeness (QED) is 0.881. The molecule has 0 aromatic heterocycles. The number of benzene rings is 1. The van der Waals surface area contributed by atoms with Crippen LogP contribution in [0.1, 0.15) is 6.92 Å². The number of nitrogens with zero attached hydrogens (tertiary/aromatic N) is 1. The molecule has 0 radical (unpaired) electrons. The Labute approximate surface area is 136 Å². The van der Waals surface area contributed by atoms with E-state index in [1.54, 1.807) is 0 Å². The minimum Gasteiger partial charge on any atom is -0.493 e. The summed E-state index contributed by atoms with van der Waals surface area (Å²) < 4.78 is 50.6. The van der Waals surface area contributed by atoms with Gasteiger partial charge in [0.15, 0.2) is 11.5 Å². The number of sulfonamides is 1. The minimum atomic E-state index is -3.90. The summed E-state index contributed by atoms with van der Waals surface area (Å²) in [5, 5.41) is 3.15. The van der Waals surface area contributed by atoms with Crippen molar-refractivity contribution >= 4 is 22.4 Å². The van der Waals surface area contributed by atoms with Gasteiger partial charge in [-0.15, -0.1) is 12.4 Å². The molecule has 6 nitrogen and oxygen atoms in total. The zero-order valence-corrected chi connectivity index (χ0v) is 14.3. The third kappa shape index (κ3) is 3.62. The van der Waals surface area contributed by atoms with Crippen molar-refractivity contribution in [2.45, 2.75) is 17.9 Å². The predicted octanol–water partition coefficient (Wildman–Crippen LogP) is 1.25. The zero-order valence-electron chi connectivity index (χ0n) is 12.6. The van der Waals surface area contributed by atoms with Crippen molar-refractivity contribution in [1.29, 1.82) is 0 Å². The Kier molecular flexibility index (Phi) is 6.42. The van der Waals surface area contributed by atoms with Crippen LogP contribution in [0.3, 0.4) is 0 Å². The van der Waals surface area contributed by atoms with Crippen LogP contribution in [0.25, 0.3) is 0 Å². The van der Waals surface area contributed by atoms with E-state index in [1.807, 2.05) is 6.92 Å². The molecule has 126 valence electrons. The molecule has 0 saturated carbocycles. The molecule has 22 heavy (non-hydrogen) atoms. The van der Waals surface area contributed by atoms with Crippen LogP contribution in [-0.4, -0.2) is 52.6 Å². The summed E-state index contributed by atoms with van der Waals surface area (Å²) in [7, 11) is -1.16. The Morgan fingerprint density at radius 2 is 1.86 bits per heavy atom. The molecular formula is C13H20ClFN2O4S. The smallest absolute Gasteiger partial charge is 0.246 e. The van der Waals surface area contributed by atoms with Gasteiger partial charge in [-0.2, -0.15) is 4.31 Å². The highest BCUT2D eigenvalue weighted by Gasteiger charge is 2.31. The van der Waals surface area contributed by atoms with E-state index in [-0.39, 0.29) is 29.9 Å². The number of halogens is 2. The maximum Gasteiger partial charge on any atom is 0.246 e. The van der Waals surface area contributed by atoms with Gasteiger partial charge in [-0.05, 0) is 6.92 Å². The summed E-state index contributed by atoms with van der Waals surface area (Å²) in [5.74, 6) is -0.512. The molecule has 1 fully saturated rings. The van der Waals surface area contributed by atoms with Crippen LogP contribution in [0, 0.1) is 5.82 Å². The third-order valence-electron chi connectivity index (χ3n) is 3.39. The Morgan fingerprint density at radius 3 is 2.41 bits per heavy atom. The van der Waals surface area contributed by atoms with Gasteiger partial charge in [0.1, 0.15) is 10.7 Å². The number of ether oxygens (including phenoxy) is 2. The first-order chi connectivity index (χ1) is 9.90. The summed E-state index contributed by atoms with van der Waals surface area (Å²) >= 11 is 0. The lowest BCUT2D eigenvalue weighted by molar-refractivity contribution is 0.308. The number of hydrogen-bond donors (Lipinski definition) is 1. The normalized spacial score (nSPS) is 19.4. The molecule has 1 aromatic carbocycles. The summed E-state index contributed by atoms with van der Waals surface area (Å²) in [6, 6.07) is 2.21. The molecule has 2 rings (SSSR count). The fraction of sp³-hybridized carbons (Fsp3) is 0.538. The van der Waals surface area contributed by atoms with Crippen LogP contribution < -0.4 is 14.8 Å². The second kappa shape index (κ2) is 7.45. The molecule has 1 aliphatic heterocycles. The van der Waals surface area contributed by atoms with Crippen molar-refractivity contribution in [3.05, 3.63) is 17.9 Å². The first-order valence-corrected chi connectivity index (χ1v) is 7.99. The van der Waals surface area contributed by atoms with Gasteiger partial charge in [-0.3, -0.25) is 0 Å². The molecule has 1 saturated heterocycles. The highest BCUT2D eigenvalue weighted by atomic mass is 35.5. The van der Waals surface area contributed by atoms with E-state index in [2.05, 4.69) is 5.32 Å². The highest BCUT2D eigenvalue weighted by molar-refractivity contribution is 7.89. The molecule has 1 heterocycles. The lowest BCUT2D eigenvalue weighted by Crippen LogP contribution is -2.51. The SMILES string of the molecule is COc1cc(F)c(S(=O)(=O)N2CCN[C@@H](C)C2)cc1OC.Cl. The van der Waals surface area contributed by atoms with E-state index < -0.39 is 20.7 Å². The molecule has 9 heteroatoms. The third-order valence-corrected chi connectivity index (χ3v) is 5.27. The van der Waals surface area contributed by atoms with E-state index in [0.717, 1.165) is 12.1 Å². The van der Waals surface area contributed by atoms with Gasteiger partial charge in [0.25, 0.3) is 0 Å².